The summed E-state index contributed by atoms with van der Waals surface area (Å²) in [6, 6.07) is 7.63. The van der Waals surface area contributed by atoms with Crippen LogP contribution in [0.1, 0.15) is 17.9 Å². The molecule has 2 amide bonds. The van der Waals surface area contributed by atoms with E-state index in [1.165, 1.54) is 0 Å². The van der Waals surface area contributed by atoms with Gasteiger partial charge in [-0.2, -0.15) is 0 Å². The molecule has 0 spiro atoms. The number of para-hydroxylation sites is 1. The summed E-state index contributed by atoms with van der Waals surface area (Å²) in [7, 11) is 0. The molecule has 0 fully saturated rings. The Morgan fingerprint density at radius 2 is 2.22 bits per heavy atom. The molecule has 0 aliphatic carbocycles. The van der Waals surface area contributed by atoms with Crippen LogP contribution in [0.15, 0.2) is 24.3 Å². The first kappa shape index (κ1) is 12.4. The molecule has 18 heavy (non-hydrogen) atoms. The Morgan fingerprint density at radius 3 is 3.00 bits per heavy atom. The van der Waals surface area contributed by atoms with Gasteiger partial charge in [0.15, 0.2) is 6.61 Å². The van der Waals surface area contributed by atoms with Gasteiger partial charge in [-0.3, -0.25) is 14.4 Å². The molecule has 0 saturated heterocycles. The number of nitrogens with one attached hydrogen (secondary N) is 2. The van der Waals surface area contributed by atoms with Crippen molar-refractivity contribution in [2.75, 3.05) is 18.5 Å². The van der Waals surface area contributed by atoms with Gasteiger partial charge >= 0.3 is 0 Å². The fourth-order valence-electron chi connectivity index (χ4n) is 1.99. The highest BCUT2D eigenvalue weighted by atomic mass is 16.7. The summed E-state index contributed by atoms with van der Waals surface area (Å²) in [6.07, 6.45) is 0.683. The highest BCUT2D eigenvalue weighted by Gasteiger charge is 2.26. The lowest BCUT2D eigenvalue weighted by molar-refractivity contribution is -0.139. The highest BCUT2D eigenvalue weighted by Crippen LogP contribution is 2.31. The van der Waals surface area contributed by atoms with Crippen LogP contribution in [0.5, 0.6) is 0 Å². The molecule has 0 saturated carbocycles. The van der Waals surface area contributed by atoms with Crippen LogP contribution in [0.4, 0.5) is 5.69 Å². The summed E-state index contributed by atoms with van der Waals surface area (Å²) >= 11 is 0. The number of primary amides is 1. The van der Waals surface area contributed by atoms with Gasteiger partial charge in [0.05, 0.1) is 5.92 Å². The van der Waals surface area contributed by atoms with E-state index < -0.39 is 5.91 Å². The van der Waals surface area contributed by atoms with Crippen LogP contribution >= 0.6 is 0 Å². The van der Waals surface area contributed by atoms with Gasteiger partial charge in [-0.15, -0.1) is 0 Å². The molecule has 6 heteroatoms. The Balaban J connectivity index is 2.01. The standard InChI is InChI=1S/C12H15N3O3/c13-11(16)7-18-15-12(17)9-5-6-14-10-4-2-1-3-8(9)10/h1-4,9,14H,5-7H2,(H2,13,16)(H,15,17). The molecular weight excluding hydrogens is 234 g/mol. The van der Waals surface area contributed by atoms with E-state index in [1.54, 1.807) is 0 Å². The number of hydroxylamine groups is 1. The van der Waals surface area contributed by atoms with Gasteiger partial charge in [-0.1, -0.05) is 18.2 Å². The average molecular weight is 249 g/mol. The van der Waals surface area contributed by atoms with Crippen LogP contribution in [-0.2, 0) is 14.4 Å². The second-order valence-electron chi connectivity index (χ2n) is 4.08. The molecule has 1 heterocycles. The van der Waals surface area contributed by atoms with Crippen LogP contribution < -0.4 is 16.5 Å². The zero-order valence-corrected chi connectivity index (χ0v) is 9.81. The highest BCUT2D eigenvalue weighted by molar-refractivity contribution is 5.85. The number of rotatable bonds is 4. The lowest BCUT2D eigenvalue weighted by Crippen LogP contribution is -2.35. The molecule has 96 valence electrons. The molecule has 1 aliphatic rings. The van der Waals surface area contributed by atoms with E-state index in [0.717, 1.165) is 17.8 Å². The van der Waals surface area contributed by atoms with E-state index in [-0.39, 0.29) is 18.4 Å². The predicted molar refractivity (Wildman–Crippen MR) is 65.6 cm³/mol. The maximum Gasteiger partial charge on any atom is 0.251 e. The molecule has 1 atom stereocenters. The molecule has 2 rings (SSSR count). The smallest absolute Gasteiger partial charge is 0.251 e. The fraction of sp³-hybridized carbons (Fsp3) is 0.333. The SMILES string of the molecule is NC(=O)CONC(=O)C1CCNc2ccccc21. The van der Waals surface area contributed by atoms with Gasteiger partial charge in [0, 0.05) is 12.2 Å². The lowest BCUT2D eigenvalue weighted by Gasteiger charge is -2.25. The summed E-state index contributed by atoms with van der Waals surface area (Å²) in [5.74, 6) is -1.15. The molecule has 0 aromatic heterocycles. The van der Waals surface area contributed by atoms with Crippen molar-refractivity contribution < 1.29 is 14.4 Å². The number of hydrogen-bond donors (Lipinski definition) is 3. The topological polar surface area (TPSA) is 93.5 Å². The number of nitrogens with two attached hydrogens (primary N) is 1. The zero-order chi connectivity index (χ0) is 13.0. The lowest BCUT2D eigenvalue weighted by atomic mass is 9.90. The summed E-state index contributed by atoms with van der Waals surface area (Å²) in [6.45, 7) is 0.406. The van der Waals surface area contributed by atoms with Crippen LogP contribution in [-0.4, -0.2) is 25.0 Å². The Morgan fingerprint density at radius 1 is 1.44 bits per heavy atom. The van der Waals surface area contributed by atoms with Gasteiger partial charge in [-0.25, -0.2) is 5.48 Å². The van der Waals surface area contributed by atoms with Gasteiger partial charge in [0.1, 0.15) is 0 Å². The van der Waals surface area contributed by atoms with E-state index in [0.29, 0.717) is 6.42 Å². The number of fused-ring (bicyclic) bond motifs is 1. The van der Waals surface area contributed by atoms with Crippen LogP contribution in [0.3, 0.4) is 0 Å². The third-order valence-corrected chi connectivity index (χ3v) is 2.79. The number of carbonyl (C=O) groups excluding carboxylic acids is 2. The van der Waals surface area contributed by atoms with E-state index >= 15 is 0 Å². The summed E-state index contributed by atoms with van der Waals surface area (Å²) in [4.78, 5) is 27.1. The molecule has 1 aliphatic heterocycles. The van der Waals surface area contributed by atoms with E-state index in [2.05, 4.69) is 10.8 Å². The quantitative estimate of drug-likeness (QED) is 0.661. The maximum atomic E-state index is 11.9. The molecule has 1 aromatic carbocycles. The van der Waals surface area contributed by atoms with Crippen molar-refractivity contribution in [3.63, 3.8) is 0 Å². The molecule has 1 unspecified atom stereocenters. The van der Waals surface area contributed by atoms with Gasteiger partial charge in [0.2, 0.25) is 5.91 Å². The molecule has 1 aromatic rings. The average Bonchev–Trinajstić information content (AvgIpc) is 2.37. The first-order chi connectivity index (χ1) is 8.68. The number of benzene rings is 1. The molecule has 4 N–H and O–H groups in total. The van der Waals surface area contributed by atoms with Crippen LogP contribution in [0, 0.1) is 0 Å². The fourth-order valence-corrected chi connectivity index (χ4v) is 1.99. The van der Waals surface area contributed by atoms with Crippen molar-refractivity contribution in [2.45, 2.75) is 12.3 Å². The van der Waals surface area contributed by atoms with Crippen LogP contribution in [0.2, 0.25) is 0 Å². The predicted octanol–water partition coefficient (Wildman–Crippen LogP) is 0.119. The Kier molecular flexibility index (Phi) is 3.78. The van der Waals surface area contributed by atoms with Crippen molar-refractivity contribution in [3.8, 4) is 0 Å². The van der Waals surface area contributed by atoms with Crippen molar-refractivity contribution in [3.05, 3.63) is 29.8 Å². The van der Waals surface area contributed by atoms with Crippen LogP contribution in [0.25, 0.3) is 0 Å². The van der Waals surface area contributed by atoms with Crippen molar-refractivity contribution in [1.82, 2.24) is 5.48 Å². The van der Waals surface area contributed by atoms with Gasteiger partial charge in [0.25, 0.3) is 5.91 Å². The monoisotopic (exact) mass is 249 g/mol. The third kappa shape index (κ3) is 2.78. The third-order valence-electron chi connectivity index (χ3n) is 2.79. The summed E-state index contributed by atoms with van der Waals surface area (Å²) < 4.78 is 0. The Labute approximate surface area is 104 Å². The first-order valence-corrected chi connectivity index (χ1v) is 5.71. The summed E-state index contributed by atoms with van der Waals surface area (Å²) in [5.41, 5.74) is 9.06. The molecular formula is C12H15N3O3. The van der Waals surface area contributed by atoms with E-state index in [1.807, 2.05) is 24.3 Å². The summed E-state index contributed by atoms with van der Waals surface area (Å²) in [5, 5.41) is 3.23. The number of anilines is 1. The normalized spacial score (nSPS) is 17.4. The minimum Gasteiger partial charge on any atom is -0.385 e. The van der Waals surface area contributed by atoms with Gasteiger partial charge < -0.3 is 11.1 Å². The second kappa shape index (κ2) is 5.50. The molecule has 0 bridgehead atoms. The van der Waals surface area contributed by atoms with Crippen molar-refractivity contribution in [1.29, 1.82) is 0 Å². The zero-order valence-electron chi connectivity index (χ0n) is 9.81. The number of amides is 2. The van der Waals surface area contributed by atoms with Crippen molar-refractivity contribution >= 4 is 17.5 Å². The minimum atomic E-state index is -0.624. The largest absolute Gasteiger partial charge is 0.385 e. The minimum absolute atomic E-state index is 0.259. The number of hydrogen-bond acceptors (Lipinski definition) is 4. The van der Waals surface area contributed by atoms with E-state index in [9.17, 15) is 9.59 Å². The Bertz CT molecular complexity index is 462. The maximum absolute atomic E-state index is 11.9. The molecule has 6 nitrogen and oxygen atoms in total. The van der Waals surface area contributed by atoms with Crippen molar-refractivity contribution in [2.24, 2.45) is 5.73 Å². The van der Waals surface area contributed by atoms with E-state index in [4.69, 9.17) is 10.6 Å². The first-order valence-electron chi connectivity index (χ1n) is 5.71. The number of carbonyl (C=O) groups is 2. The van der Waals surface area contributed by atoms with Gasteiger partial charge in [-0.05, 0) is 18.1 Å². The Hall–Kier alpha value is -2.08. The second-order valence-corrected chi connectivity index (χ2v) is 4.08. The molecule has 0 radical (unpaired) electrons.